The summed E-state index contributed by atoms with van der Waals surface area (Å²) in [6.45, 7) is 3.89. The van der Waals surface area contributed by atoms with Crippen LogP contribution in [0.15, 0.2) is 28.9 Å². The summed E-state index contributed by atoms with van der Waals surface area (Å²) in [5.74, 6) is -4.09. The molecule has 21 heavy (non-hydrogen) atoms. The monoisotopic (exact) mass is 294 g/mol. The van der Waals surface area contributed by atoms with Gasteiger partial charge in [-0.1, -0.05) is 0 Å². The number of carbonyl (C=O) groups excluding carboxylic acids is 1. The Kier molecular flexibility index (Phi) is 3.80. The van der Waals surface area contributed by atoms with E-state index in [1.54, 1.807) is 13.0 Å². The fourth-order valence-corrected chi connectivity index (χ4v) is 1.87. The van der Waals surface area contributed by atoms with Crippen molar-refractivity contribution in [1.82, 2.24) is 0 Å². The number of rotatable bonds is 4. The zero-order valence-electron chi connectivity index (χ0n) is 12.0. The Labute approximate surface area is 120 Å². The Hall–Kier alpha value is -2.24. The standard InChI is InChI=1S/C15H16F2N2O2/c1-8(9(2)18)14(20)19-12-7-11(15(3,16)17)6-10-4-5-21-13(10)12/h4-8,18H,1-3H3,(H,19,20). The molecule has 0 aliphatic heterocycles. The third-order valence-electron chi connectivity index (χ3n) is 3.36. The summed E-state index contributed by atoms with van der Waals surface area (Å²) >= 11 is 0. The van der Waals surface area contributed by atoms with Crippen molar-refractivity contribution in [2.75, 3.05) is 5.32 Å². The molecule has 112 valence electrons. The molecular weight excluding hydrogens is 278 g/mol. The van der Waals surface area contributed by atoms with E-state index in [2.05, 4.69) is 5.32 Å². The number of amides is 1. The lowest BCUT2D eigenvalue weighted by atomic mass is 10.0. The van der Waals surface area contributed by atoms with Gasteiger partial charge >= 0.3 is 0 Å². The number of fused-ring (bicyclic) bond motifs is 1. The first-order valence-corrected chi connectivity index (χ1v) is 6.45. The minimum atomic E-state index is -3.02. The predicted molar refractivity (Wildman–Crippen MR) is 77.0 cm³/mol. The van der Waals surface area contributed by atoms with Crippen molar-refractivity contribution in [3.8, 4) is 0 Å². The molecule has 1 atom stereocenters. The van der Waals surface area contributed by atoms with Crippen LogP contribution in [0.1, 0.15) is 26.3 Å². The van der Waals surface area contributed by atoms with E-state index in [0.29, 0.717) is 11.0 Å². The van der Waals surface area contributed by atoms with Crippen LogP contribution in [0.5, 0.6) is 0 Å². The first-order valence-electron chi connectivity index (χ1n) is 6.45. The number of hydrogen-bond acceptors (Lipinski definition) is 3. The molecule has 0 aliphatic carbocycles. The van der Waals surface area contributed by atoms with Crippen LogP contribution < -0.4 is 5.32 Å². The van der Waals surface area contributed by atoms with E-state index in [1.165, 1.54) is 25.3 Å². The summed E-state index contributed by atoms with van der Waals surface area (Å²) in [6.07, 6.45) is 1.38. The van der Waals surface area contributed by atoms with Crippen LogP contribution >= 0.6 is 0 Å². The Morgan fingerprint density at radius 2 is 2.10 bits per heavy atom. The fourth-order valence-electron chi connectivity index (χ4n) is 1.87. The lowest BCUT2D eigenvalue weighted by molar-refractivity contribution is -0.117. The average Bonchev–Trinajstić information content (AvgIpc) is 2.84. The molecule has 1 unspecified atom stereocenters. The molecule has 1 aromatic carbocycles. The van der Waals surface area contributed by atoms with Crippen LogP contribution in [0.4, 0.5) is 14.5 Å². The van der Waals surface area contributed by atoms with Crippen molar-refractivity contribution < 1.29 is 18.0 Å². The highest BCUT2D eigenvalue weighted by molar-refractivity contribution is 6.09. The van der Waals surface area contributed by atoms with Gasteiger partial charge in [0.05, 0.1) is 17.9 Å². The number of furan rings is 1. The second-order valence-electron chi connectivity index (χ2n) is 5.15. The summed E-state index contributed by atoms with van der Waals surface area (Å²) in [4.78, 5) is 12.0. The normalized spacial score (nSPS) is 13.2. The van der Waals surface area contributed by atoms with Gasteiger partial charge in [0.2, 0.25) is 5.91 Å². The van der Waals surface area contributed by atoms with Gasteiger partial charge in [0.15, 0.2) is 5.58 Å². The SMILES string of the molecule is CC(=N)C(C)C(=O)Nc1cc(C(C)(F)F)cc2ccoc12. The van der Waals surface area contributed by atoms with Gasteiger partial charge in [0.1, 0.15) is 0 Å². The van der Waals surface area contributed by atoms with E-state index in [1.807, 2.05) is 0 Å². The van der Waals surface area contributed by atoms with Crippen molar-refractivity contribution in [1.29, 1.82) is 5.41 Å². The third-order valence-corrected chi connectivity index (χ3v) is 3.36. The molecule has 0 aliphatic rings. The highest BCUT2D eigenvalue weighted by Gasteiger charge is 2.27. The number of anilines is 1. The van der Waals surface area contributed by atoms with Gasteiger partial charge in [-0.25, -0.2) is 8.78 Å². The molecule has 1 aromatic heterocycles. The van der Waals surface area contributed by atoms with Crippen molar-refractivity contribution in [2.24, 2.45) is 5.92 Å². The van der Waals surface area contributed by atoms with Crippen LogP contribution in [0.3, 0.4) is 0 Å². The van der Waals surface area contributed by atoms with Crippen molar-refractivity contribution in [2.45, 2.75) is 26.7 Å². The molecule has 1 heterocycles. The Balaban J connectivity index is 2.45. The first kappa shape index (κ1) is 15.2. The summed E-state index contributed by atoms with van der Waals surface area (Å²) in [5.41, 5.74) is 0.518. The van der Waals surface area contributed by atoms with E-state index in [-0.39, 0.29) is 17.0 Å². The lowest BCUT2D eigenvalue weighted by Gasteiger charge is -2.15. The largest absolute Gasteiger partial charge is 0.462 e. The number of alkyl halides is 2. The number of hydrogen-bond donors (Lipinski definition) is 2. The molecule has 4 nitrogen and oxygen atoms in total. The number of nitrogens with one attached hydrogen (secondary N) is 2. The molecule has 0 radical (unpaired) electrons. The Morgan fingerprint density at radius 1 is 1.43 bits per heavy atom. The maximum Gasteiger partial charge on any atom is 0.270 e. The highest BCUT2D eigenvalue weighted by Crippen LogP contribution is 2.34. The number of carbonyl (C=O) groups is 1. The fraction of sp³-hybridized carbons (Fsp3) is 0.333. The molecule has 0 saturated heterocycles. The van der Waals surface area contributed by atoms with Crippen LogP contribution in [-0.4, -0.2) is 11.6 Å². The third kappa shape index (κ3) is 3.09. The number of benzene rings is 1. The minimum absolute atomic E-state index is 0.187. The van der Waals surface area contributed by atoms with E-state index in [0.717, 1.165) is 6.92 Å². The molecule has 2 aromatic rings. The Morgan fingerprint density at radius 3 is 2.67 bits per heavy atom. The predicted octanol–water partition coefficient (Wildman–Crippen LogP) is 4.16. The minimum Gasteiger partial charge on any atom is -0.462 e. The summed E-state index contributed by atoms with van der Waals surface area (Å²) in [7, 11) is 0. The second kappa shape index (κ2) is 5.27. The first-order chi connectivity index (χ1) is 9.70. The van der Waals surface area contributed by atoms with E-state index < -0.39 is 17.7 Å². The maximum absolute atomic E-state index is 13.5. The highest BCUT2D eigenvalue weighted by atomic mass is 19.3. The van der Waals surface area contributed by atoms with Crippen molar-refractivity contribution in [3.63, 3.8) is 0 Å². The van der Waals surface area contributed by atoms with Gasteiger partial charge in [-0.15, -0.1) is 0 Å². The van der Waals surface area contributed by atoms with Crippen LogP contribution in [-0.2, 0) is 10.7 Å². The quantitative estimate of drug-likeness (QED) is 0.831. The van der Waals surface area contributed by atoms with Crippen molar-refractivity contribution in [3.05, 3.63) is 30.0 Å². The Bertz CT molecular complexity index is 701. The topological polar surface area (TPSA) is 66.1 Å². The van der Waals surface area contributed by atoms with Gasteiger partial charge in [0.25, 0.3) is 5.92 Å². The zero-order chi connectivity index (χ0) is 15.8. The van der Waals surface area contributed by atoms with E-state index >= 15 is 0 Å². The molecule has 1 amide bonds. The molecule has 0 fully saturated rings. The molecule has 2 N–H and O–H groups in total. The maximum atomic E-state index is 13.5. The van der Waals surface area contributed by atoms with Gasteiger partial charge in [-0.05, 0) is 32.0 Å². The van der Waals surface area contributed by atoms with Crippen LogP contribution in [0, 0.1) is 11.3 Å². The van der Waals surface area contributed by atoms with Crippen molar-refractivity contribution >= 4 is 28.3 Å². The average molecular weight is 294 g/mol. The lowest BCUT2D eigenvalue weighted by Crippen LogP contribution is -2.25. The van der Waals surface area contributed by atoms with E-state index in [4.69, 9.17) is 9.83 Å². The molecule has 0 spiro atoms. The molecule has 6 heteroatoms. The molecule has 2 rings (SSSR count). The van der Waals surface area contributed by atoms with E-state index in [9.17, 15) is 13.6 Å². The van der Waals surface area contributed by atoms with Crippen LogP contribution in [0.25, 0.3) is 11.0 Å². The van der Waals surface area contributed by atoms with Gasteiger partial charge in [-0.2, -0.15) is 0 Å². The number of halogens is 2. The zero-order valence-corrected chi connectivity index (χ0v) is 12.0. The second-order valence-corrected chi connectivity index (χ2v) is 5.15. The molecule has 0 saturated carbocycles. The molecule has 0 bridgehead atoms. The van der Waals surface area contributed by atoms with Gasteiger partial charge in [0, 0.05) is 23.6 Å². The summed E-state index contributed by atoms with van der Waals surface area (Å²) < 4.78 is 32.3. The molecular formula is C15H16F2N2O2. The van der Waals surface area contributed by atoms with Crippen LogP contribution in [0.2, 0.25) is 0 Å². The summed E-state index contributed by atoms with van der Waals surface area (Å²) in [6, 6.07) is 4.10. The van der Waals surface area contributed by atoms with Gasteiger partial charge in [-0.3, -0.25) is 4.79 Å². The summed E-state index contributed by atoms with van der Waals surface area (Å²) in [5, 5.41) is 10.5. The smallest absolute Gasteiger partial charge is 0.270 e. The van der Waals surface area contributed by atoms with Gasteiger partial charge < -0.3 is 15.1 Å².